The zero-order valence-electron chi connectivity index (χ0n) is 9.28. The molecule has 0 spiro atoms. The maximum absolute atomic E-state index is 11.5. The van der Waals surface area contributed by atoms with Crippen molar-refractivity contribution in [1.29, 1.82) is 5.26 Å². The van der Waals surface area contributed by atoms with E-state index in [9.17, 15) is 9.59 Å². The van der Waals surface area contributed by atoms with E-state index in [0.717, 1.165) is 0 Å². The molecule has 0 saturated heterocycles. The Morgan fingerprint density at radius 2 is 2.12 bits per heavy atom. The number of hydrogen-bond acceptors (Lipinski definition) is 5. The summed E-state index contributed by atoms with van der Waals surface area (Å²) < 4.78 is 9.16. The lowest BCUT2D eigenvalue weighted by Crippen LogP contribution is -2.16. The fraction of sp³-hybridized carbons (Fsp3) is 0.545. The molecule has 0 heterocycles. The number of ether oxygens (including phenoxy) is 2. The van der Waals surface area contributed by atoms with Crippen molar-refractivity contribution in [2.75, 3.05) is 14.2 Å². The normalized spacial score (nSPS) is 19.2. The van der Waals surface area contributed by atoms with Crippen molar-refractivity contribution in [2.45, 2.75) is 19.3 Å². The second-order valence-electron chi connectivity index (χ2n) is 3.51. The molecule has 16 heavy (non-hydrogen) atoms. The Bertz CT molecular complexity index is 378. The quantitative estimate of drug-likeness (QED) is 0.666. The van der Waals surface area contributed by atoms with Crippen LogP contribution in [0.3, 0.4) is 0 Å². The van der Waals surface area contributed by atoms with Gasteiger partial charge >= 0.3 is 11.9 Å². The van der Waals surface area contributed by atoms with Gasteiger partial charge in [0.1, 0.15) is 0 Å². The first-order chi connectivity index (χ1) is 7.63. The van der Waals surface area contributed by atoms with E-state index < -0.39 is 5.97 Å². The van der Waals surface area contributed by atoms with Crippen LogP contribution < -0.4 is 0 Å². The Balaban J connectivity index is 2.89. The summed E-state index contributed by atoms with van der Waals surface area (Å²) in [4.78, 5) is 22.6. The van der Waals surface area contributed by atoms with Crippen LogP contribution in [-0.2, 0) is 19.1 Å². The summed E-state index contributed by atoms with van der Waals surface area (Å²) in [5, 5.41) is 8.86. The Morgan fingerprint density at radius 3 is 2.62 bits per heavy atom. The number of carbonyl (C=O) groups is 2. The van der Waals surface area contributed by atoms with E-state index in [2.05, 4.69) is 9.47 Å². The van der Waals surface area contributed by atoms with E-state index in [-0.39, 0.29) is 18.3 Å². The predicted octanol–water partition coefficient (Wildman–Crippen LogP) is 0.953. The van der Waals surface area contributed by atoms with Gasteiger partial charge in [-0.1, -0.05) is 0 Å². The van der Waals surface area contributed by atoms with Crippen LogP contribution in [0.4, 0.5) is 0 Å². The molecule has 5 nitrogen and oxygen atoms in total. The van der Waals surface area contributed by atoms with Crippen molar-refractivity contribution in [3.63, 3.8) is 0 Å². The van der Waals surface area contributed by atoms with Gasteiger partial charge in [-0.15, -0.1) is 0 Å². The average molecular weight is 223 g/mol. The van der Waals surface area contributed by atoms with E-state index in [1.54, 1.807) is 0 Å². The van der Waals surface area contributed by atoms with Gasteiger partial charge in [0.05, 0.1) is 32.3 Å². The van der Waals surface area contributed by atoms with Crippen LogP contribution >= 0.6 is 0 Å². The van der Waals surface area contributed by atoms with Crippen LogP contribution in [0, 0.1) is 17.2 Å². The highest BCUT2D eigenvalue weighted by Gasteiger charge is 2.33. The number of nitriles is 1. The molecule has 86 valence electrons. The second kappa shape index (κ2) is 5.31. The van der Waals surface area contributed by atoms with Crippen molar-refractivity contribution >= 4 is 11.9 Å². The number of carbonyl (C=O) groups excluding carboxylic acids is 2. The molecular formula is C11H13NO4. The first-order valence-corrected chi connectivity index (χ1v) is 4.92. The van der Waals surface area contributed by atoms with E-state index in [1.807, 2.05) is 6.07 Å². The molecule has 0 aliphatic heterocycles. The minimum Gasteiger partial charge on any atom is -0.469 e. The largest absolute Gasteiger partial charge is 0.469 e. The molecule has 1 aliphatic rings. The molecule has 1 atom stereocenters. The molecule has 0 aromatic heterocycles. The molecule has 1 aliphatic carbocycles. The maximum atomic E-state index is 11.5. The predicted molar refractivity (Wildman–Crippen MR) is 54.0 cm³/mol. The second-order valence-corrected chi connectivity index (χ2v) is 3.51. The Morgan fingerprint density at radius 1 is 1.44 bits per heavy atom. The minimum atomic E-state index is -0.525. The SMILES string of the molecule is COC(=O)CC1CCC(C#N)=C1C(=O)OC. The lowest BCUT2D eigenvalue weighted by Gasteiger charge is -2.11. The number of methoxy groups -OCH3 is 2. The highest BCUT2D eigenvalue weighted by atomic mass is 16.5. The smallest absolute Gasteiger partial charge is 0.335 e. The molecule has 0 fully saturated rings. The third kappa shape index (κ3) is 2.40. The first kappa shape index (κ1) is 12.2. The van der Waals surface area contributed by atoms with Crippen molar-refractivity contribution in [1.82, 2.24) is 0 Å². The first-order valence-electron chi connectivity index (χ1n) is 4.92. The number of allylic oxidation sites excluding steroid dienone is 1. The zero-order valence-corrected chi connectivity index (χ0v) is 9.28. The molecular weight excluding hydrogens is 210 g/mol. The maximum Gasteiger partial charge on any atom is 0.335 e. The molecule has 1 rings (SSSR count). The van der Waals surface area contributed by atoms with Crippen molar-refractivity contribution in [3.05, 3.63) is 11.1 Å². The molecule has 1 unspecified atom stereocenters. The topological polar surface area (TPSA) is 76.4 Å². The summed E-state index contributed by atoms with van der Waals surface area (Å²) in [5.41, 5.74) is 0.746. The molecule has 0 aromatic rings. The number of nitrogens with zero attached hydrogens (tertiary/aromatic N) is 1. The van der Waals surface area contributed by atoms with Gasteiger partial charge in [0.2, 0.25) is 0 Å². The number of esters is 2. The molecule has 5 heteroatoms. The van der Waals surface area contributed by atoms with Gasteiger partial charge in [0, 0.05) is 11.5 Å². The average Bonchev–Trinajstić information content (AvgIpc) is 2.70. The highest BCUT2D eigenvalue weighted by Crippen LogP contribution is 2.34. The molecule has 0 radical (unpaired) electrons. The summed E-state index contributed by atoms with van der Waals surface area (Å²) in [6, 6.07) is 1.98. The van der Waals surface area contributed by atoms with E-state index in [0.29, 0.717) is 24.0 Å². The molecule has 0 saturated carbocycles. The van der Waals surface area contributed by atoms with Crippen LogP contribution in [-0.4, -0.2) is 26.2 Å². The van der Waals surface area contributed by atoms with Gasteiger partial charge in [-0.3, -0.25) is 4.79 Å². The third-order valence-electron chi connectivity index (χ3n) is 2.66. The van der Waals surface area contributed by atoms with Crippen LogP contribution in [0.1, 0.15) is 19.3 Å². The Kier molecular flexibility index (Phi) is 4.06. The van der Waals surface area contributed by atoms with Gasteiger partial charge in [0.15, 0.2) is 0 Å². The van der Waals surface area contributed by atoms with Crippen molar-refractivity contribution in [2.24, 2.45) is 5.92 Å². The standard InChI is InChI=1S/C11H13NO4/c1-15-9(13)5-7-3-4-8(6-12)10(7)11(14)16-2/h7H,3-5H2,1-2H3. The summed E-state index contributed by atoms with van der Waals surface area (Å²) in [5.74, 6) is -1.16. The van der Waals surface area contributed by atoms with E-state index in [4.69, 9.17) is 5.26 Å². The highest BCUT2D eigenvalue weighted by molar-refractivity contribution is 5.92. The summed E-state index contributed by atoms with van der Waals surface area (Å²) >= 11 is 0. The number of rotatable bonds is 3. The summed E-state index contributed by atoms with van der Waals surface area (Å²) in [7, 11) is 2.56. The van der Waals surface area contributed by atoms with Crippen molar-refractivity contribution in [3.8, 4) is 6.07 Å². The van der Waals surface area contributed by atoms with Gasteiger partial charge in [-0.25, -0.2) is 4.79 Å². The molecule has 0 bridgehead atoms. The van der Waals surface area contributed by atoms with E-state index >= 15 is 0 Å². The van der Waals surface area contributed by atoms with Gasteiger partial charge in [0.25, 0.3) is 0 Å². The van der Waals surface area contributed by atoms with Crippen LogP contribution in [0.5, 0.6) is 0 Å². The van der Waals surface area contributed by atoms with Crippen LogP contribution in [0.15, 0.2) is 11.1 Å². The summed E-state index contributed by atoms with van der Waals surface area (Å²) in [6.45, 7) is 0. The van der Waals surface area contributed by atoms with Crippen LogP contribution in [0.25, 0.3) is 0 Å². The fourth-order valence-electron chi connectivity index (χ4n) is 1.85. The van der Waals surface area contributed by atoms with Crippen LogP contribution in [0.2, 0.25) is 0 Å². The zero-order chi connectivity index (χ0) is 12.1. The monoisotopic (exact) mass is 223 g/mol. The van der Waals surface area contributed by atoms with Gasteiger partial charge < -0.3 is 9.47 Å². The Labute approximate surface area is 93.6 Å². The number of hydrogen-bond donors (Lipinski definition) is 0. The lowest BCUT2D eigenvalue weighted by molar-refractivity contribution is -0.141. The summed E-state index contributed by atoms with van der Waals surface area (Å²) in [6.07, 6.45) is 1.25. The lowest BCUT2D eigenvalue weighted by atomic mass is 9.97. The fourth-order valence-corrected chi connectivity index (χ4v) is 1.85. The van der Waals surface area contributed by atoms with Crippen molar-refractivity contribution < 1.29 is 19.1 Å². The molecule has 0 N–H and O–H groups in total. The minimum absolute atomic E-state index is 0.117. The Hall–Kier alpha value is -1.83. The van der Waals surface area contributed by atoms with Gasteiger partial charge in [-0.05, 0) is 12.8 Å². The third-order valence-corrected chi connectivity index (χ3v) is 2.66. The molecule has 0 amide bonds. The van der Waals surface area contributed by atoms with E-state index in [1.165, 1.54) is 14.2 Å². The van der Waals surface area contributed by atoms with Gasteiger partial charge in [-0.2, -0.15) is 5.26 Å². The molecule has 0 aromatic carbocycles.